The maximum Gasteiger partial charge on any atom is 0.210 e. The smallest absolute Gasteiger partial charge is 0.210 e. The van der Waals surface area contributed by atoms with Crippen LogP contribution < -0.4 is 10.5 Å². The number of anilines is 1. The first-order valence-corrected chi connectivity index (χ1v) is 7.69. The van der Waals surface area contributed by atoms with Gasteiger partial charge in [0, 0.05) is 17.1 Å². The standard InChI is InChI=1S/C10H16N2O2S2/c1-2-15-10-6-4-3-5-9(10)12-7-8-16(11,13)14/h3-6,12H,2,7-8H2,1H3,(H2,11,13,14). The van der Waals surface area contributed by atoms with Crippen LogP contribution >= 0.6 is 11.8 Å². The first-order chi connectivity index (χ1) is 7.53. The summed E-state index contributed by atoms with van der Waals surface area (Å²) in [6.45, 7) is 2.41. The molecular formula is C10H16N2O2S2. The van der Waals surface area contributed by atoms with Gasteiger partial charge in [-0.15, -0.1) is 11.8 Å². The van der Waals surface area contributed by atoms with E-state index in [9.17, 15) is 8.42 Å². The van der Waals surface area contributed by atoms with Gasteiger partial charge in [-0.1, -0.05) is 19.1 Å². The third-order valence-corrected chi connectivity index (χ3v) is 3.62. The second-order valence-corrected chi connectivity index (χ2v) is 6.26. The fourth-order valence-electron chi connectivity index (χ4n) is 1.22. The number of primary sulfonamides is 1. The van der Waals surface area contributed by atoms with E-state index < -0.39 is 10.0 Å². The minimum atomic E-state index is -3.39. The van der Waals surface area contributed by atoms with Gasteiger partial charge in [0.2, 0.25) is 10.0 Å². The van der Waals surface area contributed by atoms with E-state index in [4.69, 9.17) is 5.14 Å². The number of thioether (sulfide) groups is 1. The van der Waals surface area contributed by atoms with Crippen molar-refractivity contribution in [2.24, 2.45) is 5.14 Å². The molecule has 1 aromatic carbocycles. The summed E-state index contributed by atoms with van der Waals surface area (Å²) in [7, 11) is -3.39. The molecule has 1 rings (SSSR count). The van der Waals surface area contributed by atoms with Crippen LogP contribution in [-0.4, -0.2) is 26.5 Å². The zero-order chi connectivity index (χ0) is 12.0. The van der Waals surface area contributed by atoms with Crippen molar-refractivity contribution in [1.82, 2.24) is 0 Å². The molecule has 0 aliphatic carbocycles. The zero-order valence-electron chi connectivity index (χ0n) is 9.14. The van der Waals surface area contributed by atoms with E-state index in [1.165, 1.54) is 0 Å². The number of hydrogen-bond acceptors (Lipinski definition) is 4. The lowest BCUT2D eigenvalue weighted by Gasteiger charge is -2.10. The van der Waals surface area contributed by atoms with E-state index >= 15 is 0 Å². The summed E-state index contributed by atoms with van der Waals surface area (Å²) < 4.78 is 21.5. The molecule has 0 radical (unpaired) electrons. The van der Waals surface area contributed by atoms with Crippen molar-refractivity contribution in [3.05, 3.63) is 24.3 Å². The molecule has 0 heterocycles. The van der Waals surface area contributed by atoms with Crippen LogP contribution in [0.1, 0.15) is 6.92 Å². The fourth-order valence-corrected chi connectivity index (χ4v) is 2.39. The van der Waals surface area contributed by atoms with E-state index in [0.717, 1.165) is 16.3 Å². The van der Waals surface area contributed by atoms with Crippen LogP contribution in [0.15, 0.2) is 29.2 Å². The predicted molar refractivity (Wildman–Crippen MR) is 69.3 cm³/mol. The highest BCUT2D eigenvalue weighted by Gasteiger charge is 2.04. The lowest BCUT2D eigenvalue weighted by molar-refractivity contribution is 0.598. The Morgan fingerprint density at radius 3 is 2.69 bits per heavy atom. The van der Waals surface area contributed by atoms with Crippen molar-refractivity contribution < 1.29 is 8.42 Å². The number of nitrogens with two attached hydrogens (primary N) is 1. The number of rotatable bonds is 6. The van der Waals surface area contributed by atoms with Gasteiger partial charge in [-0.2, -0.15) is 0 Å². The maximum absolute atomic E-state index is 10.8. The summed E-state index contributed by atoms with van der Waals surface area (Å²) in [6, 6.07) is 7.82. The molecule has 3 N–H and O–H groups in total. The van der Waals surface area contributed by atoms with Gasteiger partial charge >= 0.3 is 0 Å². The van der Waals surface area contributed by atoms with Gasteiger partial charge in [0.05, 0.1) is 5.75 Å². The topological polar surface area (TPSA) is 72.2 Å². The van der Waals surface area contributed by atoms with E-state index in [0.29, 0.717) is 6.54 Å². The predicted octanol–water partition coefficient (Wildman–Crippen LogP) is 1.50. The lowest BCUT2D eigenvalue weighted by atomic mass is 10.3. The Hall–Kier alpha value is -0.720. The number of sulfonamides is 1. The average molecular weight is 260 g/mol. The third kappa shape index (κ3) is 4.87. The van der Waals surface area contributed by atoms with E-state index in [-0.39, 0.29) is 5.75 Å². The molecule has 0 spiro atoms. The highest BCUT2D eigenvalue weighted by Crippen LogP contribution is 2.26. The van der Waals surface area contributed by atoms with Gasteiger partial charge < -0.3 is 5.32 Å². The average Bonchev–Trinajstić information content (AvgIpc) is 2.19. The Morgan fingerprint density at radius 1 is 1.38 bits per heavy atom. The quantitative estimate of drug-likeness (QED) is 0.760. The summed E-state index contributed by atoms with van der Waals surface area (Å²) in [5.74, 6) is 0.923. The molecular weight excluding hydrogens is 244 g/mol. The van der Waals surface area contributed by atoms with E-state index in [1.807, 2.05) is 24.3 Å². The molecule has 16 heavy (non-hydrogen) atoms. The number of benzene rings is 1. The van der Waals surface area contributed by atoms with Crippen molar-refractivity contribution in [3.8, 4) is 0 Å². The first kappa shape index (κ1) is 13.3. The molecule has 0 bridgehead atoms. The third-order valence-electron chi connectivity index (χ3n) is 1.89. The van der Waals surface area contributed by atoms with Crippen molar-refractivity contribution in [2.45, 2.75) is 11.8 Å². The first-order valence-electron chi connectivity index (χ1n) is 4.99. The Labute approximate surface area is 101 Å². The second-order valence-electron chi connectivity index (χ2n) is 3.22. The van der Waals surface area contributed by atoms with Crippen LogP contribution in [0, 0.1) is 0 Å². The SMILES string of the molecule is CCSc1ccccc1NCCS(N)(=O)=O. The minimum absolute atomic E-state index is 0.0574. The van der Waals surface area contributed by atoms with Gasteiger partial charge in [0.1, 0.15) is 0 Å². The van der Waals surface area contributed by atoms with Gasteiger partial charge in [-0.05, 0) is 17.9 Å². The van der Waals surface area contributed by atoms with Crippen LogP contribution in [0.4, 0.5) is 5.69 Å². The molecule has 1 aromatic rings. The van der Waals surface area contributed by atoms with Gasteiger partial charge in [-0.25, -0.2) is 13.6 Å². The van der Waals surface area contributed by atoms with Crippen molar-refractivity contribution in [2.75, 3.05) is 23.4 Å². The molecule has 0 amide bonds. The lowest BCUT2D eigenvalue weighted by Crippen LogP contribution is -2.22. The maximum atomic E-state index is 10.8. The Bertz CT molecular complexity index is 432. The van der Waals surface area contributed by atoms with Crippen LogP contribution in [-0.2, 0) is 10.0 Å². The van der Waals surface area contributed by atoms with Crippen LogP contribution in [0.2, 0.25) is 0 Å². The van der Waals surface area contributed by atoms with E-state index in [1.54, 1.807) is 11.8 Å². The summed E-state index contributed by atoms with van der Waals surface area (Å²) >= 11 is 1.72. The molecule has 0 unspecified atom stereocenters. The van der Waals surface area contributed by atoms with Gasteiger partial charge in [0.15, 0.2) is 0 Å². The highest BCUT2D eigenvalue weighted by atomic mass is 32.2. The second kappa shape index (κ2) is 6.12. The van der Waals surface area contributed by atoms with Crippen LogP contribution in [0.25, 0.3) is 0 Å². The zero-order valence-corrected chi connectivity index (χ0v) is 10.8. The highest BCUT2D eigenvalue weighted by molar-refractivity contribution is 7.99. The molecule has 90 valence electrons. The van der Waals surface area contributed by atoms with E-state index in [2.05, 4.69) is 12.2 Å². The molecule has 6 heteroatoms. The van der Waals surface area contributed by atoms with Crippen LogP contribution in [0.3, 0.4) is 0 Å². The van der Waals surface area contributed by atoms with Gasteiger partial charge in [-0.3, -0.25) is 0 Å². The Kier molecular flexibility index (Phi) is 5.11. The minimum Gasteiger partial charge on any atom is -0.383 e. The summed E-state index contributed by atoms with van der Waals surface area (Å²) in [6.07, 6.45) is 0. The monoisotopic (exact) mass is 260 g/mol. The van der Waals surface area contributed by atoms with Crippen molar-refractivity contribution >= 4 is 27.5 Å². The number of nitrogens with one attached hydrogen (secondary N) is 1. The summed E-state index contributed by atoms with van der Waals surface area (Å²) in [4.78, 5) is 1.12. The normalized spacial score (nSPS) is 11.4. The van der Waals surface area contributed by atoms with Gasteiger partial charge in [0.25, 0.3) is 0 Å². The molecule has 0 aromatic heterocycles. The summed E-state index contributed by atoms with van der Waals surface area (Å²) in [5, 5.41) is 8.00. The molecule has 0 saturated heterocycles. The largest absolute Gasteiger partial charge is 0.383 e. The number of hydrogen-bond donors (Lipinski definition) is 2. The molecule has 0 atom stereocenters. The molecule has 0 aliphatic rings. The Balaban J connectivity index is 2.59. The fraction of sp³-hybridized carbons (Fsp3) is 0.400. The molecule has 0 saturated carbocycles. The Morgan fingerprint density at radius 2 is 2.06 bits per heavy atom. The molecule has 0 fully saturated rings. The molecule has 0 aliphatic heterocycles. The summed E-state index contributed by atoms with van der Waals surface area (Å²) in [5.41, 5.74) is 0.956. The molecule has 4 nitrogen and oxygen atoms in total. The van der Waals surface area contributed by atoms with Crippen molar-refractivity contribution in [1.29, 1.82) is 0 Å². The van der Waals surface area contributed by atoms with Crippen molar-refractivity contribution in [3.63, 3.8) is 0 Å². The van der Waals surface area contributed by atoms with Crippen LogP contribution in [0.5, 0.6) is 0 Å². The number of para-hydroxylation sites is 1.